The molecule has 8 nitrogen and oxygen atoms in total. The lowest BCUT2D eigenvalue weighted by Gasteiger charge is -2.11. The first-order valence-electron chi connectivity index (χ1n) is 6.99. The smallest absolute Gasteiger partial charge is 0.290 e. The molecule has 4 N–H and O–H groups in total. The van der Waals surface area contributed by atoms with Crippen LogP contribution in [-0.2, 0) is 6.54 Å². The first-order valence-corrected chi connectivity index (χ1v) is 7.40. The predicted octanol–water partition coefficient (Wildman–Crippen LogP) is 0.825. The lowest BCUT2D eigenvalue weighted by atomic mass is 10.1. The molecular formula is C15H13N5O3S. The number of furan rings is 1. The number of aromatic amines is 1. The maximum atomic E-state index is 12.2. The Bertz CT molecular complexity index is 936. The molecule has 122 valence electrons. The number of fused-ring (bicyclic) bond motifs is 1. The van der Waals surface area contributed by atoms with Gasteiger partial charge >= 0.3 is 0 Å². The van der Waals surface area contributed by atoms with Gasteiger partial charge in [0.1, 0.15) is 5.76 Å². The number of nitrogens with zero attached hydrogens (tertiary/aromatic N) is 1. The minimum Gasteiger partial charge on any atom is -0.467 e. The van der Waals surface area contributed by atoms with Crippen molar-refractivity contribution in [3.05, 3.63) is 64.5 Å². The molecule has 1 aromatic carbocycles. The predicted molar refractivity (Wildman–Crippen MR) is 91.1 cm³/mol. The molecule has 0 aliphatic carbocycles. The van der Waals surface area contributed by atoms with Gasteiger partial charge in [0.2, 0.25) is 0 Å². The zero-order chi connectivity index (χ0) is 16.9. The first kappa shape index (κ1) is 15.7. The third-order valence-corrected chi connectivity index (χ3v) is 3.45. The molecule has 3 aromatic rings. The Morgan fingerprint density at radius 2 is 1.96 bits per heavy atom. The van der Waals surface area contributed by atoms with Crippen LogP contribution in [0.15, 0.2) is 51.9 Å². The molecule has 0 radical (unpaired) electrons. The van der Waals surface area contributed by atoms with Gasteiger partial charge in [0.15, 0.2) is 10.8 Å². The molecule has 0 fully saturated rings. The van der Waals surface area contributed by atoms with Crippen LogP contribution in [-0.4, -0.2) is 21.2 Å². The van der Waals surface area contributed by atoms with Gasteiger partial charge in [0, 0.05) is 5.39 Å². The third-order valence-electron chi connectivity index (χ3n) is 3.20. The number of hydrazine groups is 1. The highest BCUT2D eigenvalue weighted by molar-refractivity contribution is 7.80. The van der Waals surface area contributed by atoms with E-state index >= 15 is 0 Å². The monoisotopic (exact) mass is 343 g/mol. The molecule has 3 rings (SSSR count). The van der Waals surface area contributed by atoms with Crippen LogP contribution in [0.2, 0.25) is 0 Å². The van der Waals surface area contributed by atoms with Gasteiger partial charge in [-0.3, -0.25) is 20.4 Å². The van der Waals surface area contributed by atoms with Gasteiger partial charge in [-0.25, -0.2) is 5.10 Å². The zero-order valence-corrected chi connectivity index (χ0v) is 13.1. The number of amides is 1. The minimum absolute atomic E-state index is 0.0894. The molecule has 0 unspecified atom stereocenters. The normalized spacial score (nSPS) is 10.3. The molecular weight excluding hydrogens is 330 g/mol. The van der Waals surface area contributed by atoms with Crippen LogP contribution < -0.4 is 21.7 Å². The van der Waals surface area contributed by atoms with E-state index in [1.54, 1.807) is 42.7 Å². The number of nitrogens with one attached hydrogen (secondary N) is 4. The topological polar surface area (TPSA) is 112 Å². The van der Waals surface area contributed by atoms with Crippen LogP contribution in [0.25, 0.3) is 10.8 Å². The molecule has 0 atom stereocenters. The van der Waals surface area contributed by atoms with Gasteiger partial charge < -0.3 is 9.73 Å². The molecule has 24 heavy (non-hydrogen) atoms. The van der Waals surface area contributed by atoms with E-state index in [9.17, 15) is 9.59 Å². The quantitative estimate of drug-likeness (QED) is 0.411. The van der Waals surface area contributed by atoms with Crippen molar-refractivity contribution < 1.29 is 9.21 Å². The van der Waals surface area contributed by atoms with Gasteiger partial charge in [0.05, 0.1) is 18.2 Å². The molecule has 0 aliphatic heterocycles. The summed E-state index contributed by atoms with van der Waals surface area (Å²) in [5.41, 5.74) is 4.74. The van der Waals surface area contributed by atoms with E-state index in [0.717, 1.165) is 0 Å². The average Bonchev–Trinajstić information content (AvgIpc) is 3.12. The van der Waals surface area contributed by atoms with Gasteiger partial charge in [0.25, 0.3) is 11.5 Å². The number of hydrogen-bond acceptors (Lipinski definition) is 5. The van der Waals surface area contributed by atoms with Crippen LogP contribution in [0.4, 0.5) is 0 Å². The summed E-state index contributed by atoms with van der Waals surface area (Å²) >= 11 is 5.06. The Kier molecular flexibility index (Phi) is 4.52. The summed E-state index contributed by atoms with van der Waals surface area (Å²) in [6, 6.07) is 10.3. The second-order valence-electron chi connectivity index (χ2n) is 4.79. The summed E-state index contributed by atoms with van der Waals surface area (Å²) < 4.78 is 5.16. The lowest BCUT2D eigenvalue weighted by Crippen LogP contribution is -2.46. The van der Waals surface area contributed by atoms with E-state index in [4.69, 9.17) is 16.6 Å². The molecule has 0 bridgehead atoms. The maximum absolute atomic E-state index is 12.2. The maximum Gasteiger partial charge on any atom is 0.290 e. The van der Waals surface area contributed by atoms with Crippen LogP contribution >= 0.6 is 12.2 Å². The van der Waals surface area contributed by atoms with Crippen molar-refractivity contribution in [2.45, 2.75) is 6.54 Å². The number of hydrogen-bond donors (Lipinski definition) is 4. The molecule has 9 heteroatoms. The highest BCUT2D eigenvalue weighted by Crippen LogP contribution is 2.11. The van der Waals surface area contributed by atoms with Gasteiger partial charge in [-0.1, -0.05) is 18.2 Å². The fraction of sp³-hybridized carbons (Fsp3) is 0.0667. The number of benzene rings is 1. The van der Waals surface area contributed by atoms with E-state index in [2.05, 4.69) is 26.4 Å². The summed E-state index contributed by atoms with van der Waals surface area (Å²) in [6.07, 6.45) is 1.56. The van der Waals surface area contributed by atoms with Crippen LogP contribution in [0.3, 0.4) is 0 Å². The zero-order valence-electron chi connectivity index (χ0n) is 12.3. The number of carbonyl (C=O) groups is 1. The van der Waals surface area contributed by atoms with Gasteiger partial charge in [-0.15, -0.1) is 0 Å². The molecule has 1 amide bonds. The lowest BCUT2D eigenvalue weighted by molar-refractivity contribution is 0.0939. The highest BCUT2D eigenvalue weighted by Gasteiger charge is 2.13. The van der Waals surface area contributed by atoms with Crippen molar-refractivity contribution in [3.8, 4) is 0 Å². The second kappa shape index (κ2) is 6.92. The Morgan fingerprint density at radius 1 is 1.17 bits per heavy atom. The molecule has 0 aliphatic rings. The molecule has 0 saturated carbocycles. The van der Waals surface area contributed by atoms with Gasteiger partial charge in [-0.2, -0.15) is 5.10 Å². The van der Waals surface area contributed by atoms with Crippen molar-refractivity contribution in [1.82, 2.24) is 26.4 Å². The SMILES string of the molecule is O=C(NNC(=S)NCc1ccco1)c1n[nH]c(=O)c2ccccc12. The van der Waals surface area contributed by atoms with E-state index in [1.807, 2.05) is 0 Å². The molecule has 0 spiro atoms. The van der Waals surface area contributed by atoms with Crippen LogP contribution in [0, 0.1) is 0 Å². The Hall–Kier alpha value is -3.20. The number of rotatable bonds is 3. The molecule has 0 saturated heterocycles. The minimum atomic E-state index is -0.524. The Labute approximate surface area is 141 Å². The number of aromatic nitrogens is 2. The average molecular weight is 343 g/mol. The number of carbonyl (C=O) groups excluding carboxylic acids is 1. The van der Waals surface area contributed by atoms with E-state index in [1.165, 1.54) is 0 Å². The van der Waals surface area contributed by atoms with Crippen molar-refractivity contribution in [2.24, 2.45) is 0 Å². The number of H-pyrrole nitrogens is 1. The Morgan fingerprint density at radius 3 is 2.71 bits per heavy atom. The standard InChI is InChI=1S/C15H13N5O3S/c21-13-11-6-2-1-5-10(11)12(17-18-13)14(22)19-20-15(24)16-8-9-4-3-7-23-9/h1-7H,8H2,(H,18,21)(H,19,22)(H2,16,20,24). The van der Waals surface area contributed by atoms with Crippen LogP contribution in [0.1, 0.15) is 16.2 Å². The van der Waals surface area contributed by atoms with Crippen molar-refractivity contribution in [3.63, 3.8) is 0 Å². The third kappa shape index (κ3) is 3.41. The second-order valence-corrected chi connectivity index (χ2v) is 5.20. The summed E-state index contributed by atoms with van der Waals surface area (Å²) in [4.78, 5) is 24.0. The van der Waals surface area contributed by atoms with Crippen molar-refractivity contribution in [2.75, 3.05) is 0 Å². The first-order chi connectivity index (χ1) is 11.6. The fourth-order valence-electron chi connectivity index (χ4n) is 2.09. The summed E-state index contributed by atoms with van der Waals surface area (Å²) in [5, 5.41) is 10.0. The summed E-state index contributed by atoms with van der Waals surface area (Å²) in [7, 11) is 0. The fourth-order valence-corrected chi connectivity index (χ4v) is 2.21. The van der Waals surface area contributed by atoms with Crippen molar-refractivity contribution in [1.29, 1.82) is 0 Å². The van der Waals surface area contributed by atoms with Gasteiger partial charge in [-0.05, 0) is 30.4 Å². The van der Waals surface area contributed by atoms with Crippen LogP contribution in [0.5, 0.6) is 0 Å². The largest absolute Gasteiger partial charge is 0.467 e. The van der Waals surface area contributed by atoms with E-state index in [-0.39, 0.29) is 16.4 Å². The Balaban J connectivity index is 1.64. The van der Waals surface area contributed by atoms with E-state index in [0.29, 0.717) is 23.1 Å². The molecule has 2 heterocycles. The molecule has 2 aromatic heterocycles. The summed E-state index contributed by atoms with van der Waals surface area (Å²) in [5.74, 6) is 0.184. The number of thiocarbonyl (C=S) groups is 1. The summed E-state index contributed by atoms with van der Waals surface area (Å²) in [6.45, 7) is 0.383. The van der Waals surface area contributed by atoms with E-state index < -0.39 is 5.91 Å². The van der Waals surface area contributed by atoms with Crippen molar-refractivity contribution >= 4 is 34.0 Å². The highest BCUT2D eigenvalue weighted by atomic mass is 32.1.